The number of pyridine rings is 1. The van der Waals surface area contributed by atoms with Gasteiger partial charge in [0.2, 0.25) is 0 Å². The fourth-order valence-electron chi connectivity index (χ4n) is 1.01. The lowest BCUT2D eigenvalue weighted by atomic mass is 10.2. The van der Waals surface area contributed by atoms with E-state index in [1.165, 1.54) is 0 Å². The van der Waals surface area contributed by atoms with Gasteiger partial charge in [-0.15, -0.1) is 0 Å². The Bertz CT molecular complexity index is 342. The molecule has 1 aromatic heterocycles. The largest absolute Gasteiger partial charge is 0.462 e. The average Bonchev–Trinajstić information content (AvgIpc) is 2.18. The summed E-state index contributed by atoms with van der Waals surface area (Å²) >= 11 is 3.20. The highest BCUT2D eigenvalue weighted by atomic mass is 79.9. The fraction of sp³-hybridized carbons (Fsp3) is 0.333. The summed E-state index contributed by atoms with van der Waals surface area (Å²) in [5, 5.41) is 2.88. The van der Waals surface area contributed by atoms with E-state index in [1.54, 1.807) is 26.2 Å². The van der Waals surface area contributed by atoms with Crippen molar-refractivity contribution in [3.8, 4) is 0 Å². The first-order valence-corrected chi connectivity index (χ1v) is 4.98. The molecule has 76 valence electrons. The van der Waals surface area contributed by atoms with Gasteiger partial charge in [0.25, 0.3) is 0 Å². The number of anilines is 1. The van der Waals surface area contributed by atoms with Crippen LogP contribution in [-0.4, -0.2) is 24.6 Å². The summed E-state index contributed by atoms with van der Waals surface area (Å²) < 4.78 is 5.51. The van der Waals surface area contributed by atoms with Gasteiger partial charge in [0.05, 0.1) is 24.1 Å². The van der Waals surface area contributed by atoms with Crippen molar-refractivity contribution in [2.45, 2.75) is 6.92 Å². The fourth-order valence-corrected chi connectivity index (χ4v) is 1.34. The molecule has 0 spiro atoms. The highest BCUT2D eigenvalue weighted by Crippen LogP contribution is 2.18. The Kier molecular flexibility index (Phi) is 3.88. The molecule has 4 nitrogen and oxygen atoms in total. The molecule has 0 fully saturated rings. The molecule has 0 unspecified atom stereocenters. The number of carbonyl (C=O) groups is 1. The third-order valence-electron chi connectivity index (χ3n) is 1.64. The van der Waals surface area contributed by atoms with E-state index in [4.69, 9.17) is 4.74 Å². The smallest absolute Gasteiger partial charge is 0.340 e. The van der Waals surface area contributed by atoms with Gasteiger partial charge in [0, 0.05) is 7.05 Å². The van der Waals surface area contributed by atoms with E-state index >= 15 is 0 Å². The van der Waals surface area contributed by atoms with Gasteiger partial charge in [0.1, 0.15) is 4.60 Å². The van der Waals surface area contributed by atoms with Crippen LogP contribution in [0.3, 0.4) is 0 Å². The van der Waals surface area contributed by atoms with Gasteiger partial charge in [0.15, 0.2) is 0 Å². The van der Waals surface area contributed by atoms with Crippen LogP contribution in [0.15, 0.2) is 16.9 Å². The lowest BCUT2D eigenvalue weighted by molar-refractivity contribution is 0.0527. The molecule has 0 radical (unpaired) electrons. The molecule has 0 atom stereocenters. The predicted molar refractivity (Wildman–Crippen MR) is 57.4 cm³/mol. The van der Waals surface area contributed by atoms with E-state index < -0.39 is 0 Å². The lowest BCUT2D eigenvalue weighted by Crippen LogP contribution is -2.08. The molecule has 1 aromatic rings. The topological polar surface area (TPSA) is 51.2 Å². The molecule has 0 aromatic carbocycles. The Morgan fingerprint density at radius 3 is 3.00 bits per heavy atom. The van der Waals surface area contributed by atoms with E-state index in [-0.39, 0.29) is 5.97 Å². The van der Waals surface area contributed by atoms with E-state index in [0.29, 0.717) is 22.5 Å². The van der Waals surface area contributed by atoms with Gasteiger partial charge in [-0.05, 0) is 28.9 Å². The van der Waals surface area contributed by atoms with Gasteiger partial charge in [-0.1, -0.05) is 0 Å². The Balaban J connectivity index is 3.03. The molecule has 0 aliphatic carbocycles. The lowest BCUT2D eigenvalue weighted by Gasteiger charge is -2.07. The summed E-state index contributed by atoms with van der Waals surface area (Å²) in [4.78, 5) is 15.5. The van der Waals surface area contributed by atoms with Crippen LogP contribution in [0.25, 0.3) is 0 Å². The number of hydrogen-bond acceptors (Lipinski definition) is 4. The zero-order valence-electron chi connectivity index (χ0n) is 8.00. The zero-order valence-corrected chi connectivity index (χ0v) is 9.59. The summed E-state index contributed by atoms with van der Waals surface area (Å²) in [6.45, 7) is 2.13. The number of aromatic nitrogens is 1. The second-order valence-electron chi connectivity index (χ2n) is 2.52. The summed E-state index contributed by atoms with van der Waals surface area (Å²) in [6.07, 6.45) is 1.58. The maximum absolute atomic E-state index is 11.5. The van der Waals surface area contributed by atoms with Gasteiger partial charge in [-0.2, -0.15) is 0 Å². The summed E-state index contributed by atoms with van der Waals surface area (Å²) in [7, 11) is 1.73. The minimum absolute atomic E-state index is 0.347. The number of rotatable bonds is 3. The molecule has 0 saturated carbocycles. The number of halogens is 1. The molecule has 14 heavy (non-hydrogen) atoms. The van der Waals surface area contributed by atoms with Crippen LogP contribution in [0.2, 0.25) is 0 Å². The molecular formula is C9H11BrN2O2. The maximum Gasteiger partial charge on any atom is 0.340 e. The third-order valence-corrected chi connectivity index (χ3v) is 2.07. The number of nitrogens with zero attached hydrogens (tertiary/aromatic N) is 1. The van der Waals surface area contributed by atoms with Crippen LogP contribution in [0, 0.1) is 0 Å². The number of carbonyl (C=O) groups excluding carboxylic acids is 1. The monoisotopic (exact) mass is 258 g/mol. The van der Waals surface area contributed by atoms with E-state index in [9.17, 15) is 4.79 Å². The van der Waals surface area contributed by atoms with Gasteiger partial charge in [-0.3, -0.25) is 0 Å². The molecule has 1 rings (SSSR count). The Morgan fingerprint density at radius 1 is 1.71 bits per heavy atom. The normalized spacial score (nSPS) is 9.64. The van der Waals surface area contributed by atoms with Crippen molar-refractivity contribution < 1.29 is 9.53 Å². The second-order valence-corrected chi connectivity index (χ2v) is 3.34. The van der Waals surface area contributed by atoms with Crippen LogP contribution in [0.4, 0.5) is 5.69 Å². The second kappa shape index (κ2) is 4.95. The number of ether oxygens (including phenoxy) is 1. The van der Waals surface area contributed by atoms with E-state index in [0.717, 1.165) is 0 Å². The van der Waals surface area contributed by atoms with Crippen molar-refractivity contribution in [2.24, 2.45) is 0 Å². The standard InChI is InChI=1S/C9H11BrN2O2/c1-3-14-9(13)6-4-8(10)12-5-7(6)11-2/h4-5,11H,3H2,1-2H3. The van der Waals surface area contributed by atoms with Crippen molar-refractivity contribution in [1.82, 2.24) is 4.98 Å². The third kappa shape index (κ3) is 2.45. The molecule has 1 N–H and O–H groups in total. The quantitative estimate of drug-likeness (QED) is 0.666. The van der Waals surface area contributed by atoms with Crippen LogP contribution in [0.1, 0.15) is 17.3 Å². The van der Waals surface area contributed by atoms with Crippen LogP contribution >= 0.6 is 15.9 Å². The first kappa shape index (κ1) is 11.0. The van der Waals surface area contributed by atoms with Crippen molar-refractivity contribution in [3.63, 3.8) is 0 Å². The summed E-state index contributed by atoms with van der Waals surface area (Å²) in [5.41, 5.74) is 1.14. The predicted octanol–water partition coefficient (Wildman–Crippen LogP) is 2.06. The molecule has 0 amide bonds. The van der Waals surface area contributed by atoms with E-state index in [1.807, 2.05) is 0 Å². The SMILES string of the molecule is CCOC(=O)c1cc(Br)ncc1NC. The Labute approximate surface area is 90.8 Å². The van der Waals surface area contributed by atoms with Crippen molar-refractivity contribution in [1.29, 1.82) is 0 Å². The van der Waals surface area contributed by atoms with Crippen LogP contribution in [0.5, 0.6) is 0 Å². The Hall–Kier alpha value is -1.10. The van der Waals surface area contributed by atoms with Crippen molar-refractivity contribution in [3.05, 3.63) is 22.4 Å². The minimum atomic E-state index is -0.347. The molecule has 0 bridgehead atoms. The maximum atomic E-state index is 11.5. The van der Waals surface area contributed by atoms with Gasteiger partial charge >= 0.3 is 5.97 Å². The minimum Gasteiger partial charge on any atom is -0.462 e. The number of nitrogens with one attached hydrogen (secondary N) is 1. The molecule has 0 aliphatic rings. The van der Waals surface area contributed by atoms with Crippen LogP contribution in [-0.2, 0) is 4.74 Å². The van der Waals surface area contributed by atoms with Gasteiger partial charge in [-0.25, -0.2) is 9.78 Å². The molecule has 0 aliphatic heterocycles. The first-order chi connectivity index (χ1) is 6.69. The molecular weight excluding hydrogens is 248 g/mol. The molecule has 5 heteroatoms. The number of esters is 1. The number of hydrogen-bond donors (Lipinski definition) is 1. The van der Waals surface area contributed by atoms with Crippen molar-refractivity contribution >= 4 is 27.6 Å². The summed E-state index contributed by atoms with van der Waals surface area (Å²) in [6, 6.07) is 1.63. The molecule has 0 saturated heterocycles. The zero-order chi connectivity index (χ0) is 10.6. The summed E-state index contributed by atoms with van der Waals surface area (Å²) in [5.74, 6) is -0.347. The highest BCUT2D eigenvalue weighted by molar-refractivity contribution is 9.10. The van der Waals surface area contributed by atoms with Crippen LogP contribution < -0.4 is 5.32 Å². The van der Waals surface area contributed by atoms with E-state index in [2.05, 4.69) is 26.2 Å². The first-order valence-electron chi connectivity index (χ1n) is 4.19. The molecule has 1 heterocycles. The average molecular weight is 259 g/mol. The van der Waals surface area contributed by atoms with Gasteiger partial charge < -0.3 is 10.1 Å². The highest BCUT2D eigenvalue weighted by Gasteiger charge is 2.12. The Morgan fingerprint density at radius 2 is 2.43 bits per heavy atom. The van der Waals surface area contributed by atoms with Crippen molar-refractivity contribution in [2.75, 3.05) is 19.0 Å².